The predicted molar refractivity (Wildman–Crippen MR) is 262 cm³/mol. The lowest BCUT2D eigenvalue weighted by Crippen LogP contribution is -2.23. The van der Waals surface area contributed by atoms with E-state index >= 15 is 35.1 Å². The fourth-order valence-corrected chi connectivity index (χ4v) is 13.0. The Kier molecular flexibility index (Phi) is 8.67. The zero-order valence-electron chi connectivity index (χ0n) is 34.9. The van der Waals surface area contributed by atoms with Crippen molar-refractivity contribution in [2.24, 2.45) is 0 Å². The number of benzene rings is 9. The molecule has 4 heterocycles. The van der Waals surface area contributed by atoms with E-state index in [1.807, 2.05) is 54.6 Å². The number of thiophene rings is 2. The van der Waals surface area contributed by atoms with Gasteiger partial charge in [0.1, 0.15) is 11.6 Å². The van der Waals surface area contributed by atoms with Crippen LogP contribution in [-0.2, 0) is 12.4 Å². The molecule has 0 aliphatic rings. The first kappa shape index (κ1) is 40.7. The largest absolute Gasteiger partial charge is 0.419 e. The lowest BCUT2D eigenvalue weighted by Gasteiger charge is -2.31. The van der Waals surface area contributed by atoms with Crippen molar-refractivity contribution in [3.8, 4) is 33.6 Å². The molecule has 13 aromatic rings. The molecular weight excluding hydrogens is 917 g/mol. The first-order valence-electron chi connectivity index (χ1n) is 21.4. The van der Waals surface area contributed by atoms with Crippen molar-refractivity contribution < 1.29 is 35.1 Å². The van der Waals surface area contributed by atoms with Crippen molar-refractivity contribution in [2.75, 3.05) is 0 Å². The third-order valence-corrected chi connectivity index (χ3v) is 15.5. The average Bonchev–Trinajstić information content (AvgIpc) is 4.07. The highest BCUT2D eigenvalue weighted by Gasteiger charge is 2.49. The lowest BCUT2D eigenvalue weighted by molar-refractivity contribution is -0.142. The number of rotatable bonds is 4. The predicted octanol–water partition coefficient (Wildman–Crippen LogP) is 18.3. The topological polar surface area (TPSA) is 9.86 Å². The summed E-state index contributed by atoms with van der Waals surface area (Å²) >= 11 is 2.86. The van der Waals surface area contributed by atoms with Crippen molar-refractivity contribution in [3.63, 3.8) is 0 Å². The van der Waals surface area contributed by atoms with E-state index < -0.39 is 57.6 Å². The molecule has 0 saturated carbocycles. The highest BCUT2D eigenvalue weighted by molar-refractivity contribution is 7.27. The molecule has 13 rings (SSSR count). The van der Waals surface area contributed by atoms with E-state index in [0.29, 0.717) is 37.3 Å². The van der Waals surface area contributed by atoms with Gasteiger partial charge < -0.3 is 9.13 Å². The molecule has 330 valence electrons. The van der Waals surface area contributed by atoms with Crippen molar-refractivity contribution >= 4 is 107 Å². The fraction of sp³-hybridized carbons (Fsp3) is 0.0357. The molecule has 9 aromatic carbocycles. The molecule has 4 aromatic heterocycles. The van der Waals surface area contributed by atoms with Crippen LogP contribution < -0.4 is 0 Å². The van der Waals surface area contributed by atoms with Gasteiger partial charge in [-0.3, -0.25) is 0 Å². The van der Waals surface area contributed by atoms with Crippen LogP contribution in [-0.4, -0.2) is 9.13 Å². The van der Waals surface area contributed by atoms with Gasteiger partial charge in [0.15, 0.2) is 0 Å². The van der Waals surface area contributed by atoms with Crippen molar-refractivity contribution in [1.82, 2.24) is 9.13 Å². The van der Waals surface area contributed by atoms with Gasteiger partial charge >= 0.3 is 12.4 Å². The van der Waals surface area contributed by atoms with Gasteiger partial charge in [0.25, 0.3) is 0 Å². The maximum Gasteiger partial charge on any atom is 0.419 e. The molecular formula is C56H28F8N2S2. The second-order valence-corrected chi connectivity index (χ2v) is 18.9. The van der Waals surface area contributed by atoms with Crippen LogP contribution in [0.5, 0.6) is 0 Å². The second-order valence-electron chi connectivity index (χ2n) is 16.8. The number of fused-ring (bicyclic) bond motifs is 14. The van der Waals surface area contributed by atoms with Crippen molar-refractivity contribution in [2.45, 2.75) is 12.4 Å². The number of halogens is 8. The van der Waals surface area contributed by atoms with E-state index in [9.17, 15) is 0 Å². The Morgan fingerprint density at radius 2 is 0.750 bits per heavy atom. The smallest absolute Gasteiger partial charge is 0.308 e. The van der Waals surface area contributed by atoms with Gasteiger partial charge in [-0.05, 0) is 71.8 Å². The molecule has 0 bridgehead atoms. The summed E-state index contributed by atoms with van der Waals surface area (Å²) < 4.78 is 140. The molecule has 0 N–H and O–H groups in total. The van der Waals surface area contributed by atoms with Crippen LogP contribution in [0.15, 0.2) is 170 Å². The number of alkyl halides is 6. The third kappa shape index (κ3) is 5.80. The van der Waals surface area contributed by atoms with Crippen LogP contribution in [0.4, 0.5) is 35.1 Å². The Morgan fingerprint density at radius 1 is 0.353 bits per heavy atom. The van der Waals surface area contributed by atoms with Crippen molar-refractivity contribution in [1.29, 1.82) is 0 Å². The maximum atomic E-state index is 17.1. The number of hydrogen-bond donors (Lipinski definition) is 0. The van der Waals surface area contributed by atoms with Gasteiger partial charge in [-0.25, -0.2) is 8.78 Å². The molecule has 0 unspecified atom stereocenters. The van der Waals surface area contributed by atoms with Crippen LogP contribution in [0, 0.1) is 11.6 Å². The third-order valence-electron chi connectivity index (χ3n) is 13.0. The standard InChI is InChI=1S/C56H28F8N2S2/c57-31-13-9-11-29(27-31)45-49(55(59,60)61)52(66-40-20-6-2-18-38(40)48-42(66)26-24-36-34-16-4-8-22-44(34)68-54(36)48)50(56(62,63)64)46(30-12-10-14-32(58)28-30)51(45)65-39-19-5-1-17-37(39)47-41(65)25-23-35-33-15-3-7-21-43(33)67-53(35)47/h1-28H. The molecule has 0 amide bonds. The zero-order valence-corrected chi connectivity index (χ0v) is 36.5. The molecule has 0 atom stereocenters. The molecule has 0 radical (unpaired) electrons. The molecule has 0 saturated heterocycles. The summed E-state index contributed by atoms with van der Waals surface area (Å²) in [6, 6.07) is 44.5. The number of nitrogens with zero attached hydrogens (tertiary/aromatic N) is 2. The van der Waals surface area contributed by atoms with E-state index in [1.165, 1.54) is 57.6 Å². The lowest BCUT2D eigenvalue weighted by atomic mass is 9.85. The van der Waals surface area contributed by atoms with Crippen molar-refractivity contribution in [3.05, 3.63) is 193 Å². The quantitative estimate of drug-likeness (QED) is 0.156. The first-order valence-corrected chi connectivity index (χ1v) is 23.1. The van der Waals surface area contributed by atoms with Gasteiger partial charge in [0, 0.05) is 73.0 Å². The number of aromatic nitrogens is 2. The average molecular weight is 945 g/mol. The summed E-state index contributed by atoms with van der Waals surface area (Å²) in [5.41, 5.74) is -6.36. The van der Waals surface area contributed by atoms with E-state index in [1.54, 1.807) is 60.7 Å². The van der Waals surface area contributed by atoms with Gasteiger partial charge in [0.05, 0.1) is 44.6 Å². The Bertz CT molecular complexity index is 4200. The fourth-order valence-electron chi connectivity index (χ4n) is 10.5. The summed E-state index contributed by atoms with van der Waals surface area (Å²) in [6.07, 6.45) is -11.0. The first-order chi connectivity index (χ1) is 32.9. The minimum Gasteiger partial charge on any atom is -0.308 e. The number of para-hydroxylation sites is 2. The summed E-state index contributed by atoms with van der Waals surface area (Å²) in [7, 11) is 0. The summed E-state index contributed by atoms with van der Waals surface area (Å²) in [5, 5.41) is 5.56. The maximum absolute atomic E-state index is 17.1. The monoisotopic (exact) mass is 944 g/mol. The van der Waals surface area contributed by atoms with Gasteiger partial charge in [-0.2, -0.15) is 26.3 Å². The van der Waals surface area contributed by atoms with Crippen LogP contribution in [0.25, 0.3) is 118 Å². The Balaban J connectivity index is 1.33. The summed E-state index contributed by atoms with van der Waals surface area (Å²) in [6.45, 7) is 0. The highest BCUT2D eigenvalue weighted by Crippen LogP contribution is 2.57. The Hall–Kier alpha value is -7.54. The van der Waals surface area contributed by atoms with Gasteiger partial charge in [-0.15, -0.1) is 22.7 Å². The van der Waals surface area contributed by atoms with E-state index in [4.69, 9.17) is 0 Å². The second kappa shape index (κ2) is 14.5. The van der Waals surface area contributed by atoms with Gasteiger partial charge in [0.2, 0.25) is 0 Å². The van der Waals surface area contributed by atoms with Crippen LogP contribution in [0.1, 0.15) is 11.1 Å². The van der Waals surface area contributed by atoms with E-state index in [0.717, 1.165) is 64.5 Å². The van der Waals surface area contributed by atoms with Crippen LogP contribution in [0.3, 0.4) is 0 Å². The van der Waals surface area contributed by atoms with Crippen LogP contribution in [0.2, 0.25) is 0 Å². The van der Waals surface area contributed by atoms with Crippen LogP contribution >= 0.6 is 22.7 Å². The minimum atomic E-state index is -5.52. The molecule has 0 aliphatic heterocycles. The molecule has 2 nitrogen and oxygen atoms in total. The van der Waals surface area contributed by atoms with E-state index in [2.05, 4.69) is 0 Å². The van der Waals surface area contributed by atoms with E-state index in [-0.39, 0.29) is 22.2 Å². The molecule has 0 spiro atoms. The Labute approximate surface area is 387 Å². The summed E-state index contributed by atoms with van der Waals surface area (Å²) in [5.74, 6) is -1.82. The molecule has 0 aliphatic carbocycles. The minimum absolute atomic E-state index is 0.0793. The normalized spacial score (nSPS) is 12.7. The van der Waals surface area contributed by atoms with Gasteiger partial charge in [-0.1, -0.05) is 109 Å². The Morgan fingerprint density at radius 3 is 1.18 bits per heavy atom. The summed E-state index contributed by atoms with van der Waals surface area (Å²) in [4.78, 5) is 0. The highest BCUT2D eigenvalue weighted by atomic mass is 32.1. The molecule has 68 heavy (non-hydrogen) atoms. The SMILES string of the molecule is Fc1cccc(-c2c(-n3c4ccccc4c4c5sc6ccccc6c5ccc43)c(-c3cccc(F)c3)c(C(F)(F)F)c(-n3c4ccccc4c4c5sc6ccccc6c5ccc43)c2C(F)(F)F)c1. The number of hydrogen-bond acceptors (Lipinski definition) is 2. The molecule has 0 fully saturated rings. The molecule has 12 heteroatoms. The zero-order chi connectivity index (χ0) is 46.4.